The second-order valence-corrected chi connectivity index (χ2v) is 10.8. The van der Waals surface area contributed by atoms with E-state index in [1.54, 1.807) is 0 Å². The summed E-state index contributed by atoms with van der Waals surface area (Å²) in [7, 11) is 0. The van der Waals surface area contributed by atoms with E-state index in [1.807, 2.05) is 0 Å². The molecule has 0 aromatic carbocycles. The fourth-order valence-corrected chi connectivity index (χ4v) is 0. The molecule has 0 saturated heterocycles. The van der Waals surface area contributed by atoms with Gasteiger partial charge in [-0.05, 0) is 11.8 Å². The van der Waals surface area contributed by atoms with Gasteiger partial charge >= 0.3 is 0 Å². The molecule has 1 radical (unpaired) electrons. The number of halogens is 3. The summed E-state index contributed by atoms with van der Waals surface area (Å²) in [6.45, 7) is 0. The molecule has 0 aromatic heterocycles. The first kappa shape index (κ1) is 11.0. The summed E-state index contributed by atoms with van der Waals surface area (Å²) in [5, 5.41) is 0. The van der Waals surface area contributed by atoms with Gasteiger partial charge in [0.25, 0.3) is 0 Å². The number of hydrogen-bond acceptors (Lipinski definition) is 1. The molecule has 6 heavy (non-hydrogen) atoms. The average molecular weight is 176 g/mol. The zero-order valence-electron chi connectivity index (χ0n) is 2.99. The van der Waals surface area contributed by atoms with Crippen molar-refractivity contribution in [3.63, 3.8) is 0 Å². The average Bonchev–Trinajstić information content (AvgIpc) is 0.722. The predicted octanol–water partition coefficient (Wildman–Crippen LogP) is 2.55. The van der Waals surface area contributed by atoms with Crippen molar-refractivity contribution in [2.45, 2.75) is 0 Å². The molecule has 0 bridgehead atoms. The maximum absolute atomic E-state index is 4.99. The van der Waals surface area contributed by atoms with Crippen molar-refractivity contribution >= 4 is 68.5 Å². The van der Waals surface area contributed by atoms with Gasteiger partial charge < -0.3 is 0 Å². The van der Waals surface area contributed by atoms with Crippen molar-refractivity contribution in [3.05, 3.63) is 0 Å². The van der Waals surface area contributed by atoms with E-state index in [9.17, 15) is 0 Å². The van der Waals surface area contributed by atoms with Crippen LogP contribution in [0, 0.1) is 0 Å². The van der Waals surface area contributed by atoms with E-state index in [0.29, 0.717) is 0 Å². The minimum atomic E-state index is -2.39. The van der Waals surface area contributed by atoms with Gasteiger partial charge in [0.05, 0.1) is 0 Å². The Morgan fingerprint density at radius 3 is 1.17 bits per heavy atom. The molecular weight excluding hydrogens is 176 g/mol. The van der Waals surface area contributed by atoms with Gasteiger partial charge in [0.2, 0.25) is 4.10 Å². The standard InChI is InChI=1S/Cl3PS.Li/c1-4(2,3)5;. The van der Waals surface area contributed by atoms with Crippen molar-refractivity contribution < 1.29 is 0 Å². The molecule has 0 aliphatic carbocycles. The fourth-order valence-electron chi connectivity index (χ4n) is 0. The second kappa shape index (κ2) is 4.04. The Morgan fingerprint density at radius 2 is 1.17 bits per heavy atom. The van der Waals surface area contributed by atoms with E-state index in [0.717, 1.165) is 0 Å². The second-order valence-electron chi connectivity index (χ2n) is 0.399. The Bertz CT molecular complexity index is 56.9. The molecule has 33 valence electrons. The summed E-state index contributed by atoms with van der Waals surface area (Å²) in [5.41, 5.74) is 0. The summed E-state index contributed by atoms with van der Waals surface area (Å²) in [6, 6.07) is 0. The predicted molar refractivity (Wildman–Crippen MR) is 37.6 cm³/mol. The van der Waals surface area contributed by atoms with Crippen molar-refractivity contribution in [1.82, 2.24) is 0 Å². The molecule has 0 aromatic rings. The van der Waals surface area contributed by atoms with E-state index in [2.05, 4.69) is 11.8 Å². The van der Waals surface area contributed by atoms with Crippen LogP contribution in [0.1, 0.15) is 0 Å². The minimum Gasteiger partial charge on any atom is -0.0518 e. The third-order valence-corrected chi connectivity index (χ3v) is 0. The molecule has 0 saturated carbocycles. The Hall–Kier alpha value is 2.12. The van der Waals surface area contributed by atoms with Crippen LogP contribution in [0.2, 0.25) is 0 Å². The summed E-state index contributed by atoms with van der Waals surface area (Å²) in [5.74, 6) is 0. The Labute approximate surface area is 68.1 Å². The molecule has 0 heterocycles. The van der Waals surface area contributed by atoms with Crippen LogP contribution in [0.5, 0.6) is 0 Å². The molecule has 6 heteroatoms. The normalized spacial score (nSPS) is 9.83. The first-order valence-corrected chi connectivity index (χ1v) is 6.21. The minimum absolute atomic E-state index is 0. The topological polar surface area (TPSA) is 0 Å². The number of hydrogen-bond donors (Lipinski definition) is 0. The fraction of sp³-hybridized carbons (Fsp3) is 0. The van der Waals surface area contributed by atoms with Crippen LogP contribution in [0.4, 0.5) is 0 Å². The van der Waals surface area contributed by atoms with Crippen LogP contribution in [0.25, 0.3) is 0 Å². The van der Waals surface area contributed by atoms with Crippen molar-refractivity contribution in [1.29, 1.82) is 0 Å². The van der Waals surface area contributed by atoms with Crippen LogP contribution in [0.3, 0.4) is 0 Å². The molecule has 0 aliphatic heterocycles. The molecule has 0 nitrogen and oxygen atoms in total. The monoisotopic (exact) mass is 175 g/mol. The number of rotatable bonds is 0. The van der Waals surface area contributed by atoms with Crippen molar-refractivity contribution in [2.24, 2.45) is 0 Å². The van der Waals surface area contributed by atoms with Gasteiger partial charge in [-0.1, -0.05) is 33.7 Å². The van der Waals surface area contributed by atoms with E-state index >= 15 is 0 Å². The van der Waals surface area contributed by atoms with Crippen LogP contribution >= 0.6 is 37.8 Å². The zero-order valence-corrected chi connectivity index (χ0v) is 6.97. The van der Waals surface area contributed by atoms with Crippen molar-refractivity contribution in [2.75, 3.05) is 0 Å². The van der Waals surface area contributed by atoms with Crippen LogP contribution in [-0.2, 0) is 11.8 Å². The summed E-state index contributed by atoms with van der Waals surface area (Å²) in [6.07, 6.45) is 0. The Kier molecular flexibility index (Phi) is 7.40. The summed E-state index contributed by atoms with van der Waals surface area (Å²) in [4.78, 5) is 0. The zero-order chi connectivity index (χ0) is 4.50. The molecule has 0 spiro atoms. The van der Waals surface area contributed by atoms with Crippen LogP contribution < -0.4 is 0 Å². The molecule has 0 unspecified atom stereocenters. The molecule has 0 aliphatic rings. The SMILES string of the molecule is S=P(Cl)(Cl)Cl.[Li]. The summed E-state index contributed by atoms with van der Waals surface area (Å²) < 4.78 is -2.39. The molecule has 0 atom stereocenters. The van der Waals surface area contributed by atoms with Gasteiger partial charge in [-0.3, -0.25) is 0 Å². The first-order chi connectivity index (χ1) is 2.00. The van der Waals surface area contributed by atoms with E-state index in [1.165, 1.54) is 0 Å². The van der Waals surface area contributed by atoms with Gasteiger partial charge in [0, 0.05) is 18.9 Å². The maximum Gasteiger partial charge on any atom is 0.202 e. The van der Waals surface area contributed by atoms with Crippen molar-refractivity contribution in [3.8, 4) is 0 Å². The molecular formula is Cl3LiPS. The van der Waals surface area contributed by atoms with Gasteiger partial charge in [-0.2, -0.15) is 0 Å². The molecule has 0 rings (SSSR count). The van der Waals surface area contributed by atoms with E-state index in [-0.39, 0.29) is 18.9 Å². The smallest absolute Gasteiger partial charge is 0.0518 e. The maximum atomic E-state index is 4.99. The van der Waals surface area contributed by atoms with Gasteiger partial charge in [-0.15, -0.1) is 0 Å². The van der Waals surface area contributed by atoms with Gasteiger partial charge in [-0.25, -0.2) is 0 Å². The van der Waals surface area contributed by atoms with E-state index in [4.69, 9.17) is 33.7 Å². The molecule has 0 N–H and O–H groups in total. The molecule has 0 fully saturated rings. The quantitative estimate of drug-likeness (QED) is 0.404. The molecule has 0 amide bonds. The van der Waals surface area contributed by atoms with Gasteiger partial charge in [0.15, 0.2) is 0 Å². The largest absolute Gasteiger partial charge is 0.202 e. The third-order valence-electron chi connectivity index (χ3n) is 0. The van der Waals surface area contributed by atoms with Crippen LogP contribution in [0.15, 0.2) is 0 Å². The van der Waals surface area contributed by atoms with Gasteiger partial charge in [0.1, 0.15) is 0 Å². The third kappa shape index (κ3) is 35.7. The Morgan fingerprint density at radius 1 is 1.17 bits per heavy atom. The Balaban J connectivity index is 0. The van der Waals surface area contributed by atoms with E-state index < -0.39 is 4.10 Å². The van der Waals surface area contributed by atoms with Crippen LogP contribution in [-0.4, -0.2) is 18.9 Å². The summed E-state index contributed by atoms with van der Waals surface area (Å²) >= 11 is 19.2. The first-order valence-electron chi connectivity index (χ1n) is 0.690.